The van der Waals surface area contributed by atoms with Gasteiger partial charge in [0, 0.05) is 17.6 Å². The zero-order chi connectivity index (χ0) is 14.8. The van der Waals surface area contributed by atoms with Gasteiger partial charge < -0.3 is 11.1 Å². The van der Waals surface area contributed by atoms with E-state index in [-0.39, 0.29) is 18.1 Å². The second-order valence-electron chi connectivity index (χ2n) is 4.54. The Balaban J connectivity index is 1.80. The van der Waals surface area contributed by atoms with E-state index in [1.165, 1.54) is 4.40 Å². The number of hydrogen-bond donors (Lipinski definition) is 2. The Labute approximate surface area is 119 Å². The van der Waals surface area contributed by atoms with E-state index in [0.717, 1.165) is 4.68 Å². The van der Waals surface area contributed by atoms with Crippen LogP contribution in [-0.2, 0) is 11.3 Å². The average molecular weight is 283 g/mol. The highest BCUT2D eigenvalue weighted by molar-refractivity contribution is 5.90. The van der Waals surface area contributed by atoms with Gasteiger partial charge in [-0.1, -0.05) is 12.1 Å². The third-order valence-electron chi connectivity index (χ3n) is 2.95. The molecule has 2 aromatic heterocycles. The SMILES string of the molecule is Nc1cccc(NC(=O)Cn2nc3ccccn3c2=O)c1. The molecule has 106 valence electrons. The number of carbonyl (C=O) groups excluding carboxylic acids is 1. The minimum absolute atomic E-state index is 0.157. The van der Waals surface area contributed by atoms with Crippen LogP contribution in [0.25, 0.3) is 5.65 Å². The van der Waals surface area contributed by atoms with Crippen molar-refractivity contribution in [2.75, 3.05) is 11.1 Å². The number of nitrogens with two attached hydrogens (primary N) is 1. The molecule has 0 aliphatic carbocycles. The Morgan fingerprint density at radius 2 is 2.10 bits per heavy atom. The molecule has 3 aromatic rings. The Bertz CT molecular complexity index is 865. The molecule has 7 nitrogen and oxygen atoms in total. The highest BCUT2D eigenvalue weighted by Crippen LogP contribution is 2.11. The van der Waals surface area contributed by atoms with Crippen LogP contribution in [-0.4, -0.2) is 20.1 Å². The van der Waals surface area contributed by atoms with Crippen LogP contribution >= 0.6 is 0 Å². The van der Waals surface area contributed by atoms with E-state index in [1.807, 2.05) is 0 Å². The van der Waals surface area contributed by atoms with Crippen molar-refractivity contribution in [2.45, 2.75) is 6.54 Å². The third-order valence-corrected chi connectivity index (χ3v) is 2.95. The van der Waals surface area contributed by atoms with Crippen LogP contribution in [0.3, 0.4) is 0 Å². The van der Waals surface area contributed by atoms with Crippen LogP contribution in [0.4, 0.5) is 11.4 Å². The van der Waals surface area contributed by atoms with Gasteiger partial charge in [-0.3, -0.25) is 9.20 Å². The standard InChI is InChI=1S/C14H13N5O2/c15-10-4-3-5-11(8-10)16-13(20)9-19-14(21)18-7-2-1-6-12(18)17-19/h1-8H,9,15H2,(H,16,20). The van der Waals surface area contributed by atoms with Gasteiger partial charge in [-0.15, -0.1) is 5.10 Å². The molecule has 0 atom stereocenters. The van der Waals surface area contributed by atoms with Crippen molar-refractivity contribution < 1.29 is 4.79 Å². The molecule has 0 saturated carbocycles. The second kappa shape index (κ2) is 5.12. The van der Waals surface area contributed by atoms with Gasteiger partial charge in [0.05, 0.1) is 0 Å². The monoisotopic (exact) mass is 283 g/mol. The summed E-state index contributed by atoms with van der Waals surface area (Å²) in [6.45, 7) is -0.157. The normalized spacial score (nSPS) is 10.7. The number of anilines is 2. The summed E-state index contributed by atoms with van der Waals surface area (Å²) >= 11 is 0. The summed E-state index contributed by atoms with van der Waals surface area (Å²) in [6, 6.07) is 12.0. The number of hydrogen-bond acceptors (Lipinski definition) is 4. The van der Waals surface area contributed by atoms with Crippen LogP contribution < -0.4 is 16.7 Å². The molecule has 0 unspecified atom stereocenters. The van der Waals surface area contributed by atoms with Crippen molar-refractivity contribution in [3.63, 3.8) is 0 Å². The molecular weight excluding hydrogens is 270 g/mol. The molecule has 0 aliphatic heterocycles. The number of fused-ring (bicyclic) bond motifs is 1. The lowest BCUT2D eigenvalue weighted by molar-refractivity contribution is -0.117. The molecule has 0 fully saturated rings. The number of nitrogens with one attached hydrogen (secondary N) is 1. The molecule has 3 N–H and O–H groups in total. The lowest BCUT2D eigenvalue weighted by Crippen LogP contribution is -2.28. The van der Waals surface area contributed by atoms with E-state index in [2.05, 4.69) is 10.4 Å². The quantitative estimate of drug-likeness (QED) is 0.692. The summed E-state index contributed by atoms with van der Waals surface area (Å²) < 4.78 is 2.50. The van der Waals surface area contributed by atoms with Gasteiger partial charge in [0.25, 0.3) is 0 Å². The Morgan fingerprint density at radius 1 is 1.24 bits per heavy atom. The Kier molecular flexibility index (Phi) is 3.15. The fourth-order valence-electron chi connectivity index (χ4n) is 2.02. The van der Waals surface area contributed by atoms with Crippen molar-refractivity contribution in [2.24, 2.45) is 0 Å². The Hall–Kier alpha value is -3.09. The van der Waals surface area contributed by atoms with Crippen molar-refractivity contribution >= 4 is 22.9 Å². The molecule has 1 amide bonds. The number of amides is 1. The highest BCUT2D eigenvalue weighted by atomic mass is 16.2. The predicted octanol–water partition coefficient (Wildman–Crippen LogP) is 0.717. The van der Waals surface area contributed by atoms with E-state index < -0.39 is 0 Å². The molecule has 0 aliphatic rings. The number of benzene rings is 1. The molecule has 0 saturated heterocycles. The third kappa shape index (κ3) is 2.62. The van der Waals surface area contributed by atoms with Gasteiger partial charge in [-0.2, -0.15) is 0 Å². The maximum atomic E-state index is 12.0. The van der Waals surface area contributed by atoms with Crippen molar-refractivity contribution in [3.8, 4) is 0 Å². The summed E-state index contributed by atoms with van der Waals surface area (Å²) in [6.07, 6.45) is 1.61. The Morgan fingerprint density at radius 3 is 2.86 bits per heavy atom. The van der Waals surface area contributed by atoms with Gasteiger partial charge in [-0.05, 0) is 30.3 Å². The summed E-state index contributed by atoms with van der Waals surface area (Å²) in [5.74, 6) is -0.342. The molecule has 1 aromatic carbocycles. The number of aromatic nitrogens is 3. The van der Waals surface area contributed by atoms with Crippen molar-refractivity contribution in [3.05, 3.63) is 59.1 Å². The van der Waals surface area contributed by atoms with E-state index in [9.17, 15) is 9.59 Å². The number of rotatable bonds is 3. The number of nitrogen functional groups attached to an aromatic ring is 1. The zero-order valence-corrected chi connectivity index (χ0v) is 11.1. The molecule has 0 bridgehead atoms. The fraction of sp³-hybridized carbons (Fsp3) is 0.0714. The molecule has 3 rings (SSSR count). The lowest BCUT2D eigenvalue weighted by Gasteiger charge is -2.05. The van der Waals surface area contributed by atoms with E-state index >= 15 is 0 Å². The first-order chi connectivity index (χ1) is 10.1. The van der Waals surface area contributed by atoms with Crippen molar-refractivity contribution in [1.29, 1.82) is 0 Å². The van der Waals surface area contributed by atoms with Gasteiger partial charge in [0.2, 0.25) is 5.91 Å². The molecule has 7 heteroatoms. The van der Waals surface area contributed by atoms with Gasteiger partial charge >= 0.3 is 5.69 Å². The maximum Gasteiger partial charge on any atom is 0.350 e. The first-order valence-corrected chi connectivity index (χ1v) is 6.33. The minimum Gasteiger partial charge on any atom is -0.399 e. The highest BCUT2D eigenvalue weighted by Gasteiger charge is 2.10. The molecule has 21 heavy (non-hydrogen) atoms. The van der Waals surface area contributed by atoms with E-state index in [4.69, 9.17) is 5.73 Å². The summed E-state index contributed by atoms with van der Waals surface area (Å²) in [4.78, 5) is 24.0. The second-order valence-corrected chi connectivity index (χ2v) is 4.54. The molecule has 0 spiro atoms. The molecule has 0 radical (unpaired) electrons. The van der Waals surface area contributed by atoms with Crippen LogP contribution in [0.15, 0.2) is 53.5 Å². The number of nitrogens with zero attached hydrogens (tertiary/aromatic N) is 3. The smallest absolute Gasteiger partial charge is 0.350 e. The van der Waals surface area contributed by atoms with Gasteiger partial charge in [0.15, 0.2) is 5.65 Å². The van der Waals surface area contributed by atoms with Gasteiger partial charge in [-0.25, -0.2) is 9.48 Å². The zero-order valence-electron chi connectivity index (χ0n) is 11.1. The van der Waals surface area contributed by atoms with Crippen LogP contribution in [0.1, 0.15) is 0 Å². The largest absolute Gasteiger partial charge is 0.399 e. The minimum atomic E-state index is -0.353. The van der Waals surface area contributed by atoms with E-state index in [1.54, 1.807) is 48.7 Å². The summed E-state index contributed by atoms with van der Waals surface area (Å²) in [5, 5.41) is 6.77. The van der Waals surface area contributed by atoms with E-state index in [0.29, 0.717) is 17.0 Å². The predicted molar refractivity (Wildman–Crippen MR) is 78.9 cm³/mol. The number of carbonyl (C=O) groups is 1. The lowest BCUT2D eigenvalue weighted by atomic mass is 10.3. The maximum absolute atomic E-state index is 12.0. The van der Waals surface area contributed by atoms with Crippen LogP contribution in [0.2, 0.25) is 0 Å². The average Bonchev–Trinajstić information content (AvgIpc) is 2.76. The number of pyridine rings is 1. The summed E-state index contributed by atoms with van der Waals surface area (Å²) in [5.41, 5.74) is 6.92. The summed E-state index contributed by atoms with van der Waals surface area (Å²) in [7, 11) is 0. The van der Waals surface area contributed by atoms with Crippen molar-refractivity contribution in [1.82, 2.24) is 14.2 Å². The fourth-order valence-corrected chi connectivity index (χ4v) is 2.02. The van der Waals surface area contributed by atoms with Crippen LogP contribution in [0, 0.1) is 0 Å². The topological polar surface area (TPSA) is 94.4 Å². The first kappa shape index (κ1) is 12.9. The van der Waals surface area contributed by atoms with Crippen LogP contribution in [0.5, 0.6) is 0 Å². The molecular formula is C14H13N5O2. The molecule has 2 heterocycles. The first-order valence-electron chi connectivity index (χ1n) is 6.33. The van der Waals surface area contributed by atoms with Gasteiger partial charge in [0.1, 0.15) is 6.54 Å².